The Labute approximate surface area is 177 Å². The van der Waals surface area contributed by atoms with Crippen LogP contribution in [0.5, 0.6) is 0 Å². The monoisotopic (exact) mass is 400 g/mol. The Bertz CT molecular complexity index is 382. The molecule has 0 saturated heterocycles. The Kier molecular flexibility index (Phi) is 11.2. The SMILES string of the molecule is CCC(C)(OOC(C)(CC)C(C)N(C(C)C)C(C)C)C(C)N(C(C)C)C(C)C. The predicted octanol–water partition coefficient (Wildman–Crippen LogP) is 6.29. The molecular weight excluding hydrogens is 348 g/mol. The van der Waals surface area contributed by atoms with Gasteiger partial charge in [0, 0.05) is 36.3 Å². The van der Waals surface area contributed by atoms with Crippen LogP contribution < -0.4 is 0 Å². The van der Waals surface area contributed by atoms with Crippen molar-refractivity contribution in [1.29, 1.82) is 0 Å². The molecule has 0 saturated carbocycles. The molecule has 0 heterocycles. The molecule has 0 fully saturated rings. The second-order valence-electron chi connectivity index (χ2n) is 10.1. The van der Waals surface area contributed by atoms with Crippen LogP contribution in [0.4, 0.5) is 0 Å². The summed E-state index contributed by atoms with van der Waals surface area (Å²) < 4.78 is 0. The lowest BCUT2D eigenvalue weighted by molar-refractivity contribution is -0.425. The highest BCUT2D eigenvalue weighted by atomic mass is 17.2. The van der Waals surface area contributed by atoms with E-state index < -0.39 is 0 Å². The molecule has 170 valence electrons. The predicted molar refractivity (Wildman–Crippen MR) is 123 cm³/mol. The molecule has 4 unspecified atom stereocenters. The molecule has 0 aliphatic heterocycles. The van der Waals surface area contributed by atoms with Gasteiger partial charge in [0.05, 0.1) is 0 Å². The van der Waals surface area contributed by atoms with Crippen molar-refractivity contribution in [3.8, 4) is 0 Å². The summed E-state index contributed by atoms with van der Waals surface area (Å²) in [7, 11) is 0. The third-order valence-electron chi connectivity index (χ3n) is 6.87. The molecule has 28 heavy (non-hydrogen) atoms. The number of hydrogen-bond acceptors (Lipinski definition) is 4. The maximum atomic E-state index is 6.34. The molecule has 4 atom stereocenters. The maximum absolute atomic E-state index is 6.34. The second kappa shape index (κ2) is 11.3. The van der Waals surface area contributed by atoms with Crippen LogP contribution in [-0.2, 0) is 9.78 Å². The molecule has 0 aliphatic carbocycles. The van der Waals surface area contributed by atoms with E-state index in [1.54, 1.807) is 0 Å². The summed E-state index contributed by atoms with van der Waals surface area (Å²) in [5.74, 6) is 0. The van der Waals surface area contributed by atoms with Gasteiger partial charge < -0.3 is 0 Å². The number of nitrogens with zero attached hydrogens (tertiary/aromatic N) is 2. The van der Waals surface area contributed by atoms with E-state index >= 15 is 0 Å². The van der Waals surface area contributed by atoms with Gasteiger partial charge in [0.2, 0.25) is 0 Å². The van der Waals surface area contributed by atoms with E-state index in [0.717, 1.165) is 12.8 Å². The van der Waals surface area contributed by atoms with E-state index in [2.05, 4.69) is 107 Å². The van der Waals surface area contributed by atoms with Crippen molar-refractivity contribution in [3.63, 3.8) is 0 Å². The molecule has 0 aromatic rings. The first-order chi connectivity index (χ1) is 12.7. The zero-order valence-corrected chi connectivity index (χ0v) is 21.6. The molecule has 4 nitrogen and oxygen atoms in total. The molecule has 0 N–H and O–H groups in total. The van der Waals surface area contributed by atoms with E-state index in [1.807, 2.05) is 0 Å². The minimum Gasteiger partial charge on any atom is -0.293 e. The van der Waals surface area contributed by atoms with Crippen LogP contribution in [0.1, 0.15) is 110 Å². The van der Waals surface area contributed by atoms with Gasteiger partial charge in [0.25, 0.3) is 0 Å². The molecular formula is C24H52N2O2. The van der Waals surface area contributed by atoms with Crippen LogP contribution in [0.25, 0.3) is 0 Å². The first-order valence-corrected chi connectivity index (χ1v) is 11.6. The highest BCUT2D eigenvalue weighted by molar-refractivity contribution is 4.92. The van der Waals surface area contributed by atoms with Gasteiger partial charge in [-0.3, -0.25) is 9.80 Å². The largest absolute Gasteiger partial charge is 0.293 e. The van der Waals surface area contributed by atoms with E-state index in [1.165, 1.54) is 0 Å². The normalized spacial score (nSPS) is 19.7. The average Bonchev–Trinajstić information content (AvgIpc) is 2.57. The van der Waals surface area contributed by atoms with E-state index in [-0.39, 0.29) is 23.3 Å². The summed E-state index contributed by atoms with van der Waals surface area (Å²) in [6.07, 6.45) is 1.80. The second-order valence-corrected chi connectivity index (χ2v) is 10.1. The molecule has 0 spiro atoms. The van der Waals surface area contributed by atoms with Crippen molar-refractivity contribution in [2.45, 2.75) is 157 Å². The average molecular weight is 401 g/mol. The standard InChI is InChI=1S/C24H52N2O2/c1-15-23(13,21(11)25(17(3)4)18(5)6)27-28-24(14,16-2)22(12)26(19(7)8)20(9)10/h17-22H,15-16H2,1-14H3. The third-order valence-corrected chi connectivity index (χ3v) is 6.87. The summed E-state index contributed by atoms with van der Waals surface area (Å²) in [6, 6.07) is 2.33. The Balaban J connectivity index is 5.59. The van der Waals surface area contributed by atoms with Gasteiger partial charge in [0.15, 0.2) is 0 Å². The van der Waals surface area contributed by atoms with Gasteiger partial charge in [-0.2, -0.15) is 0 Å². The van der Waals surface area contributed by atoms with Crippen LogP contribution in [0.3, 0.4) is 0 Å². The van der Waals surface area contributed by atoms with E-state index in [4.69, 9.17) is 9.78 Å². The summed E-state index contributed by atoms with van der Waals surface area (Å²) >= 11 is 0. The van der Waals surface area contributed by atoms with Gasteiger partial charge in [-0.25, -0.2) is 9.78 Å². The fraction of sp³-hybridized carbons (Fsp3) is 1.00. The molecule has 4 heteroatoms. The molecule has 0 bridgehead atoms. The van der Waals surface area contributed by atoms with Gasteiger partial charge in [-0.05, 0) is 95.9 Å². The van der Waals surface area contributed by atoms with Crippen molar-refractivity contribution < 1.29 is 9.78 Å². The Hall–Kier alpha value is -0.160. The lowest BCUT2D eigenvalue weighted by Gasteiger charge is -2.48. The maximum Gasteiger partial charge on any atom is 0.116 e. The minimum atomic E-state index is -0.370. The Morgan fingerprint density at radius 1 is 0.536 bits per heavy atom. The van der Waals surface area contributed by atoms with Crippen molar-refractivity contribution in [2.24, 2.45) is 0 Å². The van der Waals surface area contributed by atoms with Crippen molar-refractivity contribution >= 4 is 0 Å². The molecule has 0 radical (unpaired) electrons. The zero-order valence-electron chi connectivity index (χ0n) is 21.6. The van der Waals surface area contributed by atoms with Crippen LogP contribution >= 0.6 is 0 Å². The summed E-state index contributed by atoms with van der Waals surface area (Å²) in [5, 5.41) is 0. The smallest absolute Gasteiger partial charge is 0.116 e. The first-order valence-electron chi connectivity index (χ1n) is 11.6. The highest BCUT2D eigenvalue weighted by Gasteiger charge is 2.43. The first kappa shape index (κ1) is 27.8. The highest BCUT2D eigenvalue weighted by Crippen LogP contribution is 2.33. The van der Waals surface area contributed by atoms with Crippen molar-refractivity contribution in [1.82, 2.24) is 9.80 Å². The van der Waals surface area contributed by atoms with E-state index in [0.29, 0.717) is 24.2 Å². The van der Waals surface area contributed by atoms with Crippen molar-refractivity contribution in [3.05, 3.63) is 0 Å². The molecule has 0 aromatic carbocycles. The molecule has 0 rings (SSSR count). The summed E-state index contributed by atoms with van der Waals surface area (Å²) in [6.45, 7) is 31.4. The molecule has 0 aliphatic rings. The van der Waals surface area contributed by atoms with Gasteiger partial charge in [-0.1, -0.05) is 13.8 Å². The number of hydrogen-bond donors (Lipinski definition) is 0. The fourth-order valence-corrected chi connectivity index (χ4v) is 4.65. The van der Waals surface area contributed by atoms with Gasteiger partial charge >= 0.3 is 0 Å². The summed E-state index contributed by atoms with van der Waals surface area (Å²) in [4.78, 5) is 17.7. The van der Waals surface area contributed by atoms with Crippen LogP contribution in [0.15, 0.2) is 0 Å². The van der Waals surface area contributed by atoms with Crippen molar-refractivity contribution in [2.75, 3.05) is 0 Å². The van der Waals surface area contributed by atoms with Gasteiger partial charge in [-0.15, -0.1) is 0 Å². The third kappa shape index (κ3) is 6.68. The number of rotatable bonds is 13. The molecule has 0 amide bonds. The summed E-state index contributed by atoms with van der Waals surface area (Å²) in [5.41, 5.74) is -0.740. The van der Waals surface area contributed by atoms with E-state index in [9.17, 15) is 0 Å². The minimum absolute atomic E-state index is 0.250. The fourth-order valence-electron chi connectivity index (χ4n) is 4.65. The molecule has 0 aromatic heterocycles. The van der Waals surface area contributed by atoms with Gasteiger partial charge in [0.1, 0.15) is 11.2 Å². The Morgan fingerprint density at radius 2 is 0.750 bits per heavy atom. The van der Waals surface area contributed by atoms with Crippen LogP contribution in [-0.4, -0.2) is 57.3 Å². The zero-order chi connectivity index (χ0) is 22.4. The Morgan fingerprint density at radius 3 is 0.893 bits per heavy atom. The lowest BCUT2D eigenvalue weighted by atomic mass is 9.90. The topological polar surface area (TPSA) is 24.9 Å². The quantitative estimate of drug-likeness (QED) is 0.268. The lowest BCUT2D eigenvalue weighted by Crippen LogP contribution is -2.59. The van der Waals surface area contributed by atoms with Crippen LogP contribution in [0.2, 0.25) is 0 Å². The van der Waals surface area contributed by atoms with Crippen LogP contribution in [0, 0.1) is 0 Å².